The summed E-state index contributed by atoms with van der Waals surface area (Å²) in [5, 5.41) is 8.37. The fourth-order valence-electron chi connectivity index (χ4n) is 1.94. The molecule has 0 bridgehead atoms. The topological polar surface area (TPSA) is 61.2 Å². The minimum absolute atomic E-state index is 0.116. The van der Waals surface area contributed by atoms with Gasteiger partial charge in [0.25, 0.3) is 0 Å². The Labute approximate surface area is 91.9 Å². The van der Waals surface area contributed by atoms with Gasteiger partial charge < -0.3 is 0 Å². The molecular formula is C10H18N2O2S. The lowest BCUT2D eigenvalue weighted by atomic mass is 10.1. The van der Waals surface area contributed by atoms with Gasteiger partial charge in [-0.25, -0.2) is 8.42 Å². The van der Waals surface area contributed by atoms with Crippen molar-refractivity contribution in [1.29, 1.82) is 5.26 Å². The third-order valence-electron chi connectivity index (χ3n) is 2.79. The van der Waals surface area contributed by atoms with E-state index in [1.54, 1.807) is 4.31 Å². The summed E-state index contributed by atoms with van der Waals surface area (Å²) in [5.41, 5.74) is 0. The van der Waals surface area contributed by atoms with E-state index in [2.05, 4.69) is 0 Å². The molecule has 86 valence electrons. The second-order valence-corrected chi connectivity index (χ2v) is 6.07. The van der Waals surface area contributed by atoms with E-state index in [1.807, 2.05) is 13.0 Å². The van der Waals surface area contributed by atoms with Gasteiger partial charge in [0.2, 0.25) is 10.0 Å². The molecule has 15 heavy (non-hydrogen) atoms. The third-order valence-corrected chi connectivity index (χ3v) is 4.85. The fraction of sp³-hybridized carbons (Fsp3) is 0.900. The summed E-state index contributed by atoms with van der Waals surface area (Å²) in [7, 11) is -3.12. The van der Waals surface area contributed by atoms with Crippen molar-refractivity contribution >= 4 is 10.0 Å². The van der Waals surface area contributed by atoms with Crippen LogP contribution >= 0.6 is 0 Å². The summed E-state index contributed by atoms with van der Waals surface area (Å²) < 4.78 is 25.4. The van der Waals surface area contributed by atoms with Crippen molar-refractivity contribution < 1.29 is 8.42 Å². The van der Waals surface area contributed by atoms with Gasteiger partial charge in [0.1, 0.15) is 0 Å². The summed E-state index contributed by atoms with van der Waals surface area (Å²) in [6, 6.07) is 2.10. The lowest BCUT2D eigenvalue weighted by Crippen LogP contribution is -2.43. The molecule has 0 amide bonds. The Morgan fingerprint density at radius 1 is 1.47 bits per heavy atom. The maximum Gasteiger partial charge on any atom is 0.214 e. The molecule has 1 fully saturated rings. The predicted molar refractivity (Wildman–Crippen MR) is 58.7 cm³/mol. The van der Waals surface area contributed by atoms with E-state index < -0.39 is 10.0 Å². The van der Waals surface area contributed by atoms with Crippen LogP contribution < -0.4 is 0 Å². The molecular weight excluding hydrogens is 212 g/mol. The second-order valence-electron chi connectivity index (χ2n) is 4.03. The molecule has 0 saturated carbocycles. The summed E-state index contributed by atoms with van der Waals surface area (Å²) in [6.07, 6.45) is 3.80. The number of piperidine rings is 1. The van der Waals surface area contributed by atoms with E-state index in [0.29, 0.717) is 19.4 Å². The smallest absolute Gasteiger partial charge is 0.212 e. The monoisotopic (exact) mass is 230 g/mol. The van der Waals surface area contributed by atoms with Crippen LogP contribution in [0.1, 0.15) is 39.0 Å². The van der Waals surface area contributed by atoms with Crippen LogP contribution in [0.25, 0.3) is 0 Å². The average molecular weight is 230 g/mol. The van der Waals surface area contributed by atoms with Gasteiger partial charge >= 0.3 is 0 Å². The van der Waals surface area contributed by atoms with Crippen molar-refractivity contribution in [3.63, 3.8) is 0 Å². The lowest BCUT2D eigenvalue weighted by Gasteiger charge is -2.32. The van der Waals surface area contributed by atoms with Crippen LogP contribution in [0.2, 0.25) is 0 Å². The molecule has 1 unspecified atom stereocenters. The summed E-state index contributed by atoms with van der Waals surface area (Å²) in [5.74, 6) is 0.116. The fourth-order valence-corrected chi connectivity index (χ4v) is 3.74. The number of nitriles is 1. The quantitative estimate of drug-likeness (QED) is 0.687. The molecule has 0 aromatic heterocycles. The number of hydrogen-bond acceptors (Lipinski definition) is 3. The molecule has 1 rings (SSSR count). The Hall–Kier alpha value is -0.600. The molecule has 0 aromatic rings. The van der Waals surface area contributed by atoms with E-state index in [-0.39, 0.29) is 11.8 Å². The van der Waals surface area contributed by atoms with Gasteiger partial charge in [-0.05, 0) is 26.2 Å². The Morgan fingerprint density at radius 2 is 2.20 bits per heavy atom. The van der Waals surface area contributed by atoms with Gasteiger partial charge in [-0.1, -0.05) is 6.42 Å². The molecule has 1 aliphatic rings. The Kier molecular flexibility index (Phi) is 4.55. The van der Waals surface area contributed by atoms with Crippen molar-refractivity contribution in [1.82, 2.24) is 4.31 Å². The SMILES string of the molecule is CC1CCCCN1S(=O)(=O)CCCC#N. The molecule has 1 atom stereocenters. The van der Waals surface area contributed by atoms with Gasteiger partial charge in [0, 0.05) is 19.0 Å². The zero-order valence-corrected chi connectivity index (χ0v) is 9.96. The van der Waals surface area contributed by atoms with Crippen LogP contribution in [0.15, 0.2) is 0 Å². The third kappa shape index (κ3) is 3.47. The average Bonchev–Trinajstić information content (AvgIpc) is 2.18. The van der Waals surface area contributed by atoms with E-state index >= 15 is 0 Å². The molecule has 1 aliphatic heterocycles. The van der Waals surface area contributed by atoms with E-state index in [0.717, 1.165) is 19.3 Å². The van der Waals surface area contributed by atoms with Crippen molar-refractivity contribution in [2.45, 2.75) is 45.1 Å². The normalized spacial score (nSPS) is 23.6. The molecule has 0 spiro atoms. The van der Waals surface area contributed by atoms with Gasteiger partial charge in [-0.2, -0.15) is 9.57 Å². The summed E-state index contributed by atoms with van der Waals surface area (Å²) in [6.45, 7) is 2.61. The van der Waals surface area contributed by atoms with E-state index in [1.165, 1.54) is 0 Å². The molecule has 0 aliphatic carbocycles. The van der Waals surface area contributed by atoms with Crippen LogP contribution in [0.5, 0.6) is 0 Å². The molecule has 1 heterocycles. The van der Waals surface area contributed by atoms with Crippen molar-refractivity contribution in [2.24, 2.45) is 0 Å². The predicted octanol–water partition coefficient (Wildman–Crippen LogP) is 1.49. The Balaban J connectivity index is 2.56. The minimum atomic E-state index is -3.12. The largest absolute Gasteiger partial charge is 0.214 e. The maximum atomic E-state index is 11.9. The highest BCUT2D eigenvalue weighted by Gasteiger charge is 2.28. The van der Waals surface area contributed by atoms with E-state index in [4.69, 9.17) is 5.26 Å². The van der Waals surface area contributed by atoms with Gasteiger partial charge in [-0.3, -0.25) is 0 Å². The van der Waals surface area contributed by atoms with Crippen molar-refractivity contribution in [3.05, 3.63) is 0 Å². The first-order valence-corrected chi connectivity index (χ1v) is 7.05. The molecule has 0 aromatic carbocycles. The maximum absolute atomic E-state index is 11.9. The lowest BCUT2D eigenvalue weighted by molar-refractivity contribution is 0.268. The highest BCUT2D eigenvalue weighted by molar-refractivity contribution is 7.89. The number of rotatable bonds is 4. The summed E-state index contributed by atoms with van der Waals surface area (Å²) >= 11 is 0. The number of hydrogen-bond donors (Lipinski definition) is 0. The first-order chi connectivity index (χ1) is 7.08. The van der Waals surface area contributed by atoms with Crippen LogP contribution in [-0.4, -0.2) is 31.1 Å². The van der Waals surface area contributed by atoms with Crippen LogP contribution in [0.4, 0.5) is 0 Å². The summed E-state index contributed by atoms with van der Waals surface area (Å²) in [4.78, 5) is 0. The first kappa shape index (κ1) is 12.5. The molecule has 0 radical (unpaired) electrons. The van der Waals surface area contributed by atoms with Crippen LogP contribution in [-0.2, 0) is 10.0 Å². The van der Waals surface area contributed by atoms with Crippen LogP contribution in [0.3, 0.4) is 0 Å². The molecule has 4 nitrogen and oxygen atoms in total. The van der Waals surface area contributed by atoms with E-state index in [9.17, 15) is 8.42 Å². The van der Waals surface area contributed by atoms with Crippen LogP contribution in [0, 0.1) is 11.3 Å². The highest BCUT2D eigenvalue weighted by Crippen LogP contribution is 2.20. The zero-order chi connectivity index (χ0) is 11.3. The number of unbranched alkanes of at least 4 members (excludes halogenated alkanes) is 1. The Bertz CT molecular complexity index is 332. The zero-order valence-electron chi connectivity index (χ0n) is 9.15. The Morgan fingerprint density at radius 3 is 2.80 bits per heavy atom. The second kappa shape index (κ2) is 5.47. The number of sulfonamides is 1. The highest BCUT2D eigenvalue weighted by atomic mass is 32.2. The molecule has 1 saturated heterocycles. The van der Waals surface area contributed by atoms with Gasteiger partial charge in [-0.15, -0.1) is 0 Å². The standard InChI is InChI=1S/C10H18N2O2S/c1-10-6-2-4-8-12(10)15(13,14)9-5-3-7-11/h10H,2-6,8-9H2,1H3. The molecule has 0 N–H and O–H groups in total. The van der Waals surface area contributed by atoms with Crippen molar-refractivity contribution in [3.8, 4) is 6.07 Å². The van der Waals surface area contributed by atoms with Crippen molar-refractivity contribution in [2.75, 3.05) is 12.3 Å². The van der Waals surface area contributed by atoms with Gasteiger partial charge in [0.15, 0.2) is 0 Å². The minimum Gasteiger partial charge on any atom is -0.212 e. The van der Waals surface area contributed by atoms with Gasteiger partial charge in [0.05, 0.1) is 11.8 Å². The molecule has 5 heteroatoms. The number of nitrogens with zero attached hydrogens (tertiary/aromatic N) is 2. The first-order valence-electron chi connectivity index (χ1n) is 5.44.